The second kappa shape index (κ2) is 3.43. The van der Waals surface area contributed by atoms with Gasteiger partial charge < -0.3 is 0 Å². The first-order valence-electron chi connectivity index (χ1n) is 7.81. The van der Waals surface area contributed by atoms with E-state index >= 15 is 0 Å². The van der Waals surface area contributed by atoms with E-state index in [0.717, 1.165) is 31.7 Å². The summed E-state index contributed by atoms with van der Waals surface area (Å²) in [5.41, 5.74) is 2.55. The maximum absolute atomic E-state index is 8.04. The van der Waals surface area contributed by atoms with Crippen molar-refractivity contribution in [1.29, 1.82) is 0 Å². The van der Waals surface area contributed by atoms with Gasteiger partial charge in [0.1, 0.15) is 6.54 Å². The average molecular weight is 282 g/mol. The minimum Gasteiger partial charge on any atom is -0.264 e. The maximum Gasteiger partial charge on any atom is 0.292 e. The Bertz CT molecular complexity index is 1090. The van der Waals surface area contributed by atoms with E-state index in [0.29, 0.717) is 12.4 Å². The molecule has 0 saturated carbocycles. The van der Waals surface area contributed by atoms with Crippen LogP contribution in [0.4, 0.5) is 0 Å². The van der Waals surface area contributed by atoms with E-state index in [9.17, 15) is 0 Å². The van der Waals surface area contributed by atoms with Crippen molar-refractivity contribution in [2.24, 2.45) is 6.98 Å². The van der Waals surface area contributed by atoms with Crippen molar-refractivity contribution in [3.63, 3.8) is 0 Å². The molecule has 0 bridgehead atoms. The monoisotopic (exact) mass is 282 g/mol. The molecule has 0 spiro atoms. The van der Waals surface area contributed by atoms with Crippen LogP contribution in [0.3, 0.4) is 0 Å². The van der Waals surface area contributed by atoms with E-state index in [2.05, 4.69) is 14.5 Å². The average Bonchev–Trinajstić information content (AvgIpc) is 3.13. The molecule has 0 saturated heterocycles. The highest BCUT2D eigenvalue weighted by molar-refractivity contribution is 7.25. The molecule has 1 aliphatic rings. The summed E-state index contributed by atoms with van der Waals surface area (Å²) in [5, 5.41) is 0.885. The summed E-state index contributed by atoms with van der Waals surface area (Å²) in [5.74, 6) is 0.708. The Hall–Kier alpha value is -2.27. The van der Waals surface area contributed by atoms with Crippen molar-refractivity contribution in [1.82, 2.24) is 14.5 Å². The Morgan fingerprint density at radius 3 is 3.35 bits per heavy atom. The Morgan fingerprint density at radius 1 is 1.40 bits per heavy atom. The number of rotatable bonds is 0. The van der Waals surface area contributed by atoms with E-state index in [4.69, 9.17) is 4.11 Å². The van der Waals surface area contributed by atoms with Crippen molar-refractivity contribution in [3.8, 4) is 11.4 Å². The molecular formula is C15H11N4S+. The van der Waals surface area contributed by atoms with Crippen LogP contribution in [0.15, 0.2) is 36.8 Å². The van der Waals surface area contributed by atoms with Gasteiger partial charge in [0.15, 0.2) is 5.52 Å². The lowest BCUT2D eigenvalue weighted by Crippen LogP contribution is -2.30. The molecule has 20 heavy (non-hydrogen) atoms. The number of hydrogen-bond acceptors (Lipinski definition) is 3. The molecule has 0 aromatic carbocycles. The third-order valence-corrected chi connectivity index (χ3v) is 5.00. The Kier molecular flexibility index (Phi) is 1.39. The van der Waals surface area contributed by atoms with Gasteiger partial charge >= 0.3 is 0 Å². The van der Waals surface area contributed by atoms with Gasteiger partial charge in [0, 0.05) is 23.3 Å². The molecule has 0 unspecified atom stereocenters. The fourth-order valence-corrected chi connectivity index (χ4v) is 4.12. The first kappa shape index (κ1) is 8.11. The normalized spacial score (nSPS) is 15.9. The summed E-state index contributed by atoms with van der Waals surface area (Å²) < 4.78 is 28.7. The highest BCUT2D eigenvalue weighted by Gasteiger charge is 2.35. The lowest BCUT2D eigenvalue weighted by atomic mass is 10.2. The van der Waals surface area contributed by atoms with Crippen LogP contribution < -0.4 is 4.57 Å². The number of pyridine rings is 2. The molecule has 0 aliphatic carbocycles. The van der Waals surface area contributed by atoms with Crippen molar-refractivity contribution < 1.29 is 8.68 Å². The van der Waals surface area contributed by atoms with Gasteiger partial charge in [-0.15, -0.1) is 0 Å². The molecule has 96 valence electrons. The molecule has 0 N–H and O–H groups in total. The summed E-state index contributed by atoms with van der Waals surface area (Å²) in [7, 11) is 0. The Labute approximate surface area is 123 Å². The summed E-state index contributed by atoms with van der Waals surface area (Å²) in [6.45, 7) is -1.66. The van der Waals surface area contributed by atoms with E-state index in [-0.39, 0.29) is 0 Å². The summed E-state index contributed by atoms with van der Waals surface area (Å²) in [4.78, 5) is 9.53. The number of fused-ring (bicyclic) bond motifs is 7. The van der Waals surface area contributed by atoms with Crippen LogP contribution in [0.2, 0.25) is 0 Å². The second-order valence-corrected chi connectivity index (χ2v) is 5.90. The molecule has 5 rings (SSSR count). The van der Waals surface area contributed by atoms with Crippen molar-refractivity contribution in [3.05, 3.63) is 42.5 Å². The van der Waals surface area contributed by atoms with Crippen LogP contribution in [0.1, 0.15) is 9.81 Å². The van der Waals surface area contributed by atoms with Gasteiger partial charge in [-0.1, -0.05) is 11.3 Å². The number of hydrogen-bond donors (Lipinski definition) is 0. The number of thiophene rings is 1. The molecule has 5 heterocycles. The molecule has 4 aromatic heterocycles. The molecule has 5 heteroatoms. The molecule has 0 amide bonds. The van der Waals surface area contributed by atoms with E-state index < -0.39 is 6.98 Å². The minimum atomic E-state index is -2.26. The smallest absolute Gasteiger partial charge is 0.264 e. The number of imidazole rings is 1. The molecule has 0 atom stereocenters. The van der Waals surface area contributed by atoms with Crippen LogP contribution >= 0.6 is 11.3 Å². The van der Waals surface area contributed by atoms with Crippen molar-refractivity contribution >= 4 is 31.8 Å². The highest BCUT2D eigenvalue weighted by atomic mass is 32.1. The molecular weight excluding hydrogens is 268 g/mol. The Balaban J connectivity index is 2.01. The van der Waals surface area contributed by atoms with Gasteiger partial charge in [0.2, 0.25) is 4.83 Å². The first-order valence-corrected chi connectivity index (χ1v) is 7.13. The van der Waals surface area contributed by atoms with Gasteiger partial charge in [-0.05, 0) is 18.2 Å². The summed E-state index contributed by atoms with van der Waals surface area (Å²) in [6, 6.07) is 5.71. The maximum atomic E-state index is 8.04. The number of aromatic nitrogens is 4. The lowest BCUT2D eigenvalue weighted by Gasteiger charge is -1.94. The second-order valence-electron chi connectivity index (χ2n) is 4.87. The minimum absolute atomic E-state index is 0.603. The third-order valence-electron chi connectivity index (χ3n) is 3.82. The topological polar surface area (TPSA) is 34.6 Å². The zero-order valence-corrected chi connectivity index (χ0v) is 11.2. The van der Waals surface area contributed by atoms with Crippen LogP contribution in [0, 0.1) is 0 Å². The van der Waals surface area contributed by atoms with Gasteiger partial charge in [0.25, 0.3) is 5.82 Å². The summed E-state index contributed by atoms with van der Waals surface area (Å²) >= 11 is 1.60. The van der Waals surface area contributed by atoms with E-state index in [1.807, 2.05) is 18.2 Å². The van der Waals surface area contributed by atoms with Gasteiger partial charge in [-0.3, -0.25) is 9.97 Å². The van der Waals surface area contributed by atoms with E-state index in [1.54, 1.807) is 29.9 Å². The predicted octanol–water partition coefficient (Wildman–Crippen LogP) is 2.50. The van der Waals surface area contributed by atoms with Crippen molar-refractivity contribution in [2.75, 3.05) is 0 Å². The molecule has 0 fully saturated rings. The lowest BCUT2D eigenvalue weighted by molar-refractivity contribution is -0.644. The van der Waals surface area contributed by atoms with Crippen LogP contribution in [-0.4, -0.2) is 14.5 Å². The summed E-state index contributed by atoms with van der Waals surface area (Å²) in [6.07, 6.45) is 5.23. The molecule has 4 aromatic rings. The fourth-order valence-electron chi connectivity index (χ4n) is 2.97. The number of aryl methyl sites for hydroxylation is 1. The van der Waals surface area contributed by atoms with Crippen LogP contribution in [-0.2, 0) is 13.5 Å². The standard InChI is InChI=1S/C15H11N4S/c1-18-13-10-7-16-6-4-12(10)20-15(13)19-8-11-9(14(18)19)3-2-5-17-11/h2-7H,8H2,1H3/q+1/i1D3. The zero-order chi connectivity index (χ0) is 15.8. The van der Waals surface area contributed by atoms with Crippen LogP contribution in [0.5, 0.6) is 0 Å². The van der Waals surface area contributed by atoms with E-state index in [1.165, 1.54) is 4.57 Å². The van der Waals surface area contributed by atoms with Crippen molar-refractivity contribution in [2.45, 2.75) is 6.54 Å². The Morgan fingerprint density at radius 2 is 2.40 bits per heavy atom. The molecule has 1 aliphatic heterocycles. The SMILES string of the molecule is [2H]C([2H])([2H])n1c2[n+](c3sc4ccncc4c31)Cc1ncccc1-2. The quantitative estimate of drug-likeness (QED) is 0.409. The van der Waals surface area contributed by atoms with Crippen LogP contribution in [0.25, 0.3) is 31.8 Å². The third kappa shape index (κ3) is 1.10. The number of nitrogens with zero attached hydrogens (tertiary/aromatic N) is 4. The zero-order valence-electron chi connectivity index (χ0n) is 13.4. The van der Waals surface area contributed by atoms with Gasteiger partial charge in [-0.25, -0.2) is 9.13 Å². The van der Waals surface area contributed by atoms with Gasteiger partial charge in [0.05, 0.1) is 27.7 Å². The van der Waals surface area contributed by atoms with Gasteiger partial charge in [-0.2, -0.15) is 0 Å². The highest BCUT2D eigenvalue weighted by Crippen LogP contribution is 2.37. The molecule has 4 nitrogen and oxygen atoms in total. The first-order chi connectivity index (χ1) is 11.1. The largest absolute Gasteiger partial charge is 0.292 e. The predicted molar refractivity (Wildman–Crippen MR) is 78.6 cm³/mol. The fraction of sp³-hybridized carbons (Fsp3) is 0.133. The molecule has 0 radical (unpaired) electrons.